The lowest BCUT2D eigenvalue weighted by Crippen LogP contribution is -2.23. The van der Waals surface area contributed by atoms with Crippen LogP contribution in [0.4, 0.5) is 23.8 Å². The quantitative estimate of drug-likeness (QED) is 0.840. The Morgan fingerprint density at radius 3 is 2.31 bits per heavy atom. The van der Waals surface area contributed by atoms with Gasteiger partial charge >= 0.3 is 11.5 Å². The Morgan fingerprint density at radius 2 is 1.81 bits per heavy atom. The highest BCUT2D eigenvalue weighted by atomic mass is 32.2. The van der Waals surface area contributed by atoms with Crippen LogP contribution in [0, 0.1) is 0 Å². The van der Waals surface area contributed by atoms with Gasteiger partial charge in [0.2, 0.25) is 0 Å². The number of nitrogens with one attached hydrogen (secondary N) is 1. The maximum absolute atomic E-state index is 12.8. The van der Waals surface area contributed by atoms with E-state index in [2.05, 4.69) is 10.4 Å². The van der Waals surface area contributed by atoms with Crippen molar-refractivity contribution in [2.45, 2.75) is 36.6 Å². The number of carbonyl (C=O) groups is 1. The Kier molecular flexibility index (Phi) is 4.79. The number of hydrogen-bond donors (Lipinski definition) is 2. The summed E-state index contributed by atoms with van der Waals surface area (Å²) in [6, 6.07) is 4.79. The summed E-state index contributed by atoms with van der Waals surface area (Å²) in [6.07, 6.45) is 0. The van der Waals surface area contributed by atoms with E-state index in [-0.39, 0.29) is 11.5 Å². The van der Waals surface area contributed by atoms with Crippen LogP contribution in [0.5, 0.6) is 0 Å². The van der Waals surface area contributed by atoms with E-state index in [0.717, 1.165) is 22.9 Å². The summed E-state index contributed by atoms with van der Waals surface area (Å²) in [5.41, 5.74) is -0.214. The highest BCUT2D eigenvalue weighted by Crippen LogP contribution is 2.32. The predicted molar refractivity (Wildman–Crippen MR) is 88.7 cm³/mol. The molecule has 0 radical (unpaired) electrons. The third kappa shape index (κ3) is 3.82. The molecular weight excluding hydrogens is 373 g/mol. The molecule has 11 heteroatoms. The zero-order valence-corrected chi connectivity index (χ0v) is 14.9. The van der Waals surface area contributed by atoms with Crippen LogP contribution in [0.25, 0.3) is 5.69 Å². The lowest BCUT2D eigenvalue weighted by atomic mass is 9.92. The van der Waals surface area contributed by atoms with Gasteiger partial charge in [0.05, 0.1) is 16.3 Å². The van der Waals surface area contributed by atoms with E-state index < -0.39 is 31.7 Å². The maximum Gasteiger partial charge on any atom is 0.501 e. The largest absolute Gasteiger partial charge is 0.501 e. The second-order valence-corrected chi connectivity index (χ2v) is 8.45. The second-order valence-electron chi connectivity index (χ2n) is 6.51. The zero-order valence-electron chi connectivity index (χ0n) is 14.1. The summed E-state index contributed by atoms with van der Waals surface area (Å²) < 4.78 is 62.7. The lowest BCUT2D eigenvalue weighted by molar-refractivity contribution is -0.0436. The summed E-state index contributed by atoms with van der Waals surface area (Å²) in [6.45, 7) is 5.54. The van der Waals surface area contributed by atoms with Crippen molar-refractivity contribution in [1.82, 2.24) is 9.78 Å². The Bertz CT molecular complexity index is 944. The molecule has 3 N–H and O–H groups in total. The van der Waals surface area contributed by atoms with Gasteiger partial charge in [0.25, 0.3) is 9.84 Å². The Hall–Kier alpha value is -2.56. The van der Waals surface area contributed by atoms with Crippen molar-refractivity contribution in [2.75, 3.05) is 5.32 Å². The van der Waals surface area contributed by atoms with Crippen LogP contribution < -0.4 is 11.1 Å². The van der Waals surface area contributed by atoms with Crippen molar-refractivity contribution < 1.29 is 26.4 Å². The van der Waals surface area contributed by atoms with Gasteiger partial charge in [-0.25, -0.2) is 17.9 Å². The number of primary amides is 1. The number of benzene rings is 1. The maximum atomic E-state index is 12.8. The smallest absolute Gasteiger partial charge is 0.351 e. The number of carbonyl (C=O) groups excluding carboxylic acids is 1. The number of halogens is 3. The summed E-state index contributed by atoms with van der Waals surface area (Å²) >= 11 is 0. The molecular formula is C15H17F3N4O3S. The molecule has 0 spiro atoms. The van der Waals surface area contributed by atoms with E-state index in [1.807, 2.05) is 20.8 Å². The van der Waals surface area contributed by atoms with Gasteiger partial charge in [-0.2, -0.15) is 18.3 Å². The van der Waals surface area contributed by atoms with Gasteiger partial charge in [-0.3, -0.25) is 5.32 Å². The van der Waals surface area contributed by atoms with Crippen molar-refractivity contribution in [3.63, 3.8) is 0 Å². The highest BCUT2D eigenvalue weighted by Gasteiger charge is 2.47. The molecule has 1 heterocycles. The molecule has 0 saturated heterocycles. The number of alkyl halides is 3. The first-order chi connectivity index (χ1) is 11.7. The predicted octanol–water partition coefficient (Wildman–Crippen LogP) is 2.95. The number of nitrogens with two attached hydrogens (primary N) is 1. The first kappa shape index (κ1) is 19.8. The third-order valence-electron chi connectivity index (χ3n) is 3.41. The molecule has 0 bridgehead atoms. The summed E-state index contributed by atoms with van der Waals surface area (Å²) in [5.74, 6) is 0.101. The van der Waals surface area contributed by atoms with Gasteiger partial charge < -0.3 is 5.73 Å². The zero-order chi connectivity index (χ0) is 19.9. The van der Waals surface area contributed by atoms with Crippen LogP contribution in [-0.4, -0.2) is 29.7 Å². The minimum Gasteiger partial charge on any atom is -0.351 e. The molecule has 142 valence electrons. The van der Waals surface area contributed by atoms with Gasteiger partial charge in [-0.1, -0.05) is 26.8 Å². The van der Waals surface area contributed by atoms with Crippen LogP contribution in [0.15, 0.2) is 35.2 Å². The molecule has 7 nitrogen and oxygen atoms in total. The molecule has 0 aliphatic heterocycles. The Morgan fingerprint density at radius 1 is 1.19 bits per heavy atom. The third-order valence-corrected chi connectivity index (χ3v) is 4.89. The first-order valence-electron chi connectivity index (χ1n) is 7.32. The average Bonchev–Trinajstić information content (AvgIpc) is 2.89. The van der Waals surface area contributed by atoms with Gasteiger partial charge in [-0.05, 0) is 18.2 Å². The molecule has 0 aliphatic rings. The van der Waals surface area contributed by atoms with Crippen molar-refractivity contribution >= 4 is 21.7 Å². The number of rotatable bonds is 3. The van der Waals surface area contributed by atoms with Crippen molar-refractivity contribution in [2.24, 2.45) is 5.73 Å². The van der Waals surface area contributed by atoms with Gasteiger partial charge in [-0.15, -0.1) is 0 Å². The van der Waals surface area contributed by atoms with E-state index in [1.165, 1.54) is 12.1 Å². The minimum atomic E-state index is -5.52. The van der Waals surface area contributed by atoms with E-state index in [9.17, 15) is 26.4 Å². The normalized spacial score (nSPS) is 12.8. The molecule has 0 saturated carbocycles. The second kappa shape index (κ2) is 6.31. The molecule has 0 fully saturated rings. The SMILES string of the molecule is CC(C)(C)c1cc(NC(N)=O)n(-c2cccc(S(=O)(=O)C(F)(F)F)c2)n1. The molecule has 2 amide bonds. The summed E-state index contributed by atoms with van der Waals surface area (Å²) in [7, 11) is -5.52. The Labute approximate surface area is 147 Å². The van der Waals surface area contributed by atoms with Gasteiger partial charge in [0, 0.05) is 11.5 Å². The van der Waals surface area contributed by atoms with Crippen molar-refractivity contribution in [3.05, 3.63) is 36.0 Å². The lowest BCUT2D eigenvalue weighted by Gasteiger charge is -2.14. The summed E-state index contributed by atoms with van der Waals surface area (Å²) in [4.78, 5) is 10.3. The summed E-state index contributed by atoms with van der Waals surface area (Å²) in [5, 5.41) is 6.58. The first-order valence-corrected chi connectivity index (χ1v) is 8.80. The van der Waals surface area contributed by atoms with E-state index in [1.54, 1.807) is 0 Å². The van der Waals surface area contributed by atoms with Crippen molar-refractivity contribution in [1.29, 1.82) is 0 Å². The van der Waals surface area contributed by atoms with E-state index in [4.69, 9.17) is 5.73 Å². The van der Waals surface area contributed by atoms with E-state index in [0.29, 0.717) is 5.69 Å². The van der Waals surface area contributed by atoms with Gasteiger partial charge in [0.15, 0.2) is 0 Å². The van der Waals surface area contributed by atoms with Crippen LogP contribution >= 0.6 is 0 Å². The fourth-order valence-corrected chi connectivity index (χ4v) is 2.88. The molecule has 0 aliphatic carbocycles. The Balaban J connectivity index is 2.64. The topological polar surface area (TPSA) is 107 Å². The van der Waals surface area contributed by atoms with Crippen LogP contribution in [-0.2, 0) is 15.3 Å². The van der Waals surface area contributed by atoms with Crippen LogP contribution in [0.2, 0.25) is 0 Å². The fourth-order valence-electron chi connectivity index (χ4n) is 2.08. The van der Waals surface area contributed by atoms with E-state index >= 15 is 0 Å². The average molecular weight is 390 g/mol. The number of nitrogens with zero attached hydrogens (tertiary/aromatic N) is 2. The fraction of sp³-hybridized carbons (Fsp3) is 0.333. The number of hydrogen-bond acceptors (Lipinski definition) is 4. The van der Waals surface area contributed by atoms with Crippen molar-refractivity contribution in [3.8, 4) is 5.69 Å². The molecule has 0 atom stereocenters. The van der Waals surface area contributed by atoms with Crippen LogP contribution in [0.1, 0.15) is 26.5 Å². The highest BCUT2D eigenvalue weighted by molar-refractivity contribution is 7.92. The molecule has 0 unspecified atom stereocenters. The number of aromatic nitrogens is 2. The molecule has 1 aromatic heterocycles. The van der Waals surface area contributed by atoms with Gasteiger partial charge in [0.1, 0.15) is 5.82 Å². The monoisotopic (exact) mass is 390 g/mol. The number of anilines is 1. The number of urea groups is 1. The number of sulfone groups is 1. The molecule has 26 heavy (non-hydrogen) atoms. The van der Waals surface area contributed by atoms with Crippen LogP contribution in [0.3, 0.4) is 0 Å². The molecule has 2 rings (SSSR count). The minimum absolute atomic E-state index is 0.0228. The molecule has 1 aromatic carbocycles. The number of amides is 2. The molecule has 2 aromatic rings. The standard InChI is InChI=1S/C15H17F3N4O3S/c1-14(2,3)11-8-12(20-13(19)23)22(21-11)9-5-4-6-10(7-9)26(24,25)15(16,17)18/h4-8H,1-3H3,(H3,19,20,23).